The standard InChI is InChI=1S/C29H31ClN8O3/c30-22-17-33-26-20(22)8-5-10-23(26)35-27(21(15-31)28(40)34-19-7-6-11-32-16-19)36-24-9-1-2-14-38(29(24)41)18-25(39)37-12-3-4-13-37/h5-8,10-11,16-17,24,33,35-36H,1-4,9,12-14,18H2,(H,34,40)/b27-21-/t24-/m0/s1. The molecule has 2 aromatic heterocycles. The van der Waals surface area contributed by atoms with Crippen molar-refractivity contribution >= 4 is 51.6 Å². The largest absolute Gasteiger partial charge is 0.359 e. The van der Waals surface area contributed by atoms with E-state index < -0.39 is 11.9 Å². The summed E-state index contributed by atoms with van der Waals surface area (Å²) in [6.45, 7) is 1.91. The van der Waals surface area contributed by atoms with Gasteiger partial charge in [0.15, 0.2) is 5.57 Å². The lowest BCUT2D eigenvalue weighted by atomic mass is 10.1. The van der Waals surface area contributed by atoms with Crippen molar-refractivity contribution in [2.75, 3.05) is 36.8 Å². The van der Waals surface area contributed by atoms with Gasteiger partial charge in [-0.2, -0.15) is 5.26 Å². The zero-order valence-electron chi connectivity index (χ0n) is 22.5. The van der Waals surface area contributed by atoms with Crippen molar-refractivity contribution in [3.63, 3.8) is 0 Å². The van der Waals surface area contributed by atoms with Crippen molar-refractivity contribution in [1.82, 2.24) is 25.1 Å². The fourth-order valence-electron chi connectivity index (χ4n) is 5.18. The second-order valence-corrected chi connectivity index (χ2v) is 10.5. The van der Waals surface area contributed by atoms with Gasteiger partial charge in [-0.15, -0.1) is 0 Å². The van der Waals surface area contributed by atoms with E-state index in [0.717, 1.165) is 31.1 Å². The lowest BCUT2D eigenvalue weighted by Crippen LogP contribution is -2.49. The highest BCUT2D eigenvalue weighted by Gasteiger charge is 2.32. The zero-order valence-corrected chi connectivity index (χ0v) is 23.2. The van der Waals surface area contributed by atoms with E-state index in [9.17, 15) is 19.6 Å². The predicted molar refractivity (Wildman–Crippen MR) is 156 cm³/mol. The second-order valence-electron chi connectivity index (χ2n) is 10.1. The SMILES string of the molecule is N#C/C(C(=O)Nc1cccnc1)=C(\Nc1cccc2c(Cl)c[nH]c12)N[C@H]1CCCCN(CC(=O)N2CCCC2)C1=O. The molecule has 0 spiro atoms. The lowest BCUT2D eigenvalue weighted by Gasteiger charge is -2.28. The Kier molecular flexibility index (Phi) is 8.70. The number of likely N-dealkylation sites (tertiary alicyclic amines) is 2. The molecule has 0 saturated carbocycles. The van der Waals surface area contributed by atoms with Crippen LogP contribution in [0.3, 0.4) is 0 Å². The van der Waals surface area contributed by atoms with Gasteiger partial charge in [0.25, 0.3) is 5.91 Å². The molecular formula is C29H31ClN8O3. The molecule has 41 heavy (non-hydrogen) atoms. The number of hydrogen-bond donors (Lipinski definition) is 4. The molecule has 0 bridgehead atoms. The van der Waals surface area contributed by atoms with Crippen LogP contribution in [0.25, 0.3) is 10.9 Å². The number of anilines is 2. The molecule has 0 unspecified atom stereocenters. The second kappa shape index (κ2) is 12.7. The van der Waals surface area contributed by atoms with Crippen molar-refractivity contribution in [2.45, 2.75) is 38.1 Å². The number of pyridine rings is 1. The highest BCUT2D eigenvalue weighted by Crippen LogP contribution is 2.29. The Hall–Kier alpha value is -4.56. The zero-order chi connectivity index (χ0) is 28.8. The van der Waals surface area contributed by atoms with Gasteiger partial charge in [0.05, 0.1) is 34.7 Å². The molecule has 0 aliphatic carbocycles. The number of nitrogens with one attached hydrogen (secondary N) is 4. The van der Waals surface area contributed by atoms with Crippen molar-refractivity contribution in [1.29, 1.82) is 5.26 Å². The highest BCUT2D eigenvalue weighted by atomic mass is 35.5. The summed E-state index contributed by atoms with van der Waals surface area (Å²) in [4.78, 5) is 50.4. The Morgan fingerprint density at radius 2 is 1.90 bits per heavy atom. The van der Waals surface area contributed by atoms with Gasteiger partial charge in [-0.3, -0.25) is 19.4 Å². The number of benzene rings is 1. The van der Waals surface area contributed by atoms with Gasteiger partial charge in [0.2, 0.25) is 11.8 Å². The number of halogens is 1. The number of rotatable bonds is 8. The number of aromatic nitrogens is 2. The molecule has 2 aliphatic heterocycles. The van der Waals surface area contributed by atoms with Crippen molar-refractivity contribution in [3.8, 4) is 6.07 Å². The molecule has 1 atom stereocenters. The summed E-state index contributed by atoms with van der Waals surface area (Å²) >= 11 is 6.32. The predicted octanol–water partition coefficient (Wildman–Crippen LogP) is 3.60. The van der Waals surface area contributed by atoms with E-state index in [1.54, 1.807) is 46.5 Å². The van der Waals surface area contributed by atoms with Crippen molar-refractivity contribution in [2.24, 2.45) is 0 Å². The third-order valence-electron chi connectivity index (χ3n) is 7.32. The van der Waals surface area contributed by atoms with Crippen LogP contribution < -0.4 is 16.0 Å². The van der Waals surface area contributed by atoms with Gasteiger partial charge < -0.3 is 30.7 Å². The van der Waals surface area contributed by atoms with Crippen LogP contribution in [-0.2, 0) is 14.4 Å². The maximum Gasteiger partial charge on any atom is 0.270 e. The first kappa shape index (κ1) is 28.0. The average molecular weight is 575 g/mol. The number of aromatic amines is 1. The third kappa shape index (κ3) is 6.44. The Labute approximate surface area is 242 Å². The van der Waals surface area contributed by atoms with Gasteiger partial charge >= 0.3 is 0 Å². The molecule has 5 rings (SSSR count). The molecule has 4 N–H and O–H groups in total. The fraction of sp³-hybridized carbons (Fsp3) is 0.345. The normalized spacial score (nSPS) is 18.0. The molecule has 3 amide bonds. The van der Waals surface area contributed by atoms with E-state index in [1.165, 1.54) is 6.20 Å². The Bertz CT molecular complexity index is 1510. The van der Waals surface area contributed by atoms with Crippen LogP contribution in [0.5, 0.6) is 0 Å². The smallest absolute Gasteiger partial charge is 0.270 e. The van der Waals surface area contributed by atoms with E-state index in [4.69, 9.17) is 11.6 Å². The van der Waals surface area contributed by atoms with E-state index in [1.807, 2.05) is 12.1 Å². The molecular weight excluding hydrogens is 544 g/mol. The first-order chi connectivity index (χ1) is 19.9. The van der Waals surface area contributed by atoms with Gasteiger partial charge in [-0.05, 0) is 50.3 Å². The number of carbonyl (C=O) groups excluding carboxylic acids is 3. The topological polar surface area (TPSA) is 146 Å². The number of amides is 3. The molecule has 3 aromatic rings. The minimum atomic E-state index is -0.757. The summed E-state index contributed by atoms with van der Waals surface area (Å²) in [6, 6.07) is 9.99. The van der Waals surface area contributed by atoms with Crippen LogP contribution >= 0.6 is 11.6 Å². The summed E-state index contributed by atoms with van der Waals surface area (Å²) in [7, 11) is 0. The van der Waals surface area contributed by atoms with E-state index in [-0.39, 0.29) is 29.8 Å². The minimum absolute atomic E-state index is 0.0103. The molecule has 212 valence electrons. The molecule has 11 nitrogen and oxygen atoms in total. The van der Waals surface area contributed by atoms with Crippen molar-refractivity contribution in [3.05, 3.63) is 65.3 Å². The Morgan fingerprint density at radius 1 is 1.10 bits per heavy atom. The van der Waals surface area contributed by atoms with E-state index >= 15 is 0 Å². The molecule has 2 fully saturated rings. The number of carbonyl (C=O) groups is 3. The first-order valence-corrected chi connectivity index (χ1v) is 14.0. The number of nitrogens with zero attached hydrogens (tertiary/aromatic N) is 4. The summed E-state index contributed by atoms with van der Waals surface area (Å²) in [5.74, 6) is -0.915. The van der Waals surface area contributed by atoms with E-state index in [0.29, 0.717) is 48.0 Å². The monoisotopic (exact) mass is 574 g/mol. The molecule has 4 heterocycles. The summed E-state index contributed by atoms with van der Waals surface area (Å²) < 4.78 is 0. The molecule has 2 saturated heterocycles. The van der Waals surface area contributed by atoms with Crippen LogP contribution in [0.15, 0.2) is 60.3 Å². The molecule has 0 radical (unpaired) electrons. The van der Waals surface area contributed by atoms with Gasteiger partial charge in [-0.25, -0.2) is 0 Å². The number of hydrogen-bond acceptors (Lipinski definition) is 7. The Morgan fingerprint density at radius 3 is 2.66 bits per heavy atom. The third-order valence-corrected chi connectivity index (χ3v) is 7.63. The highest BCUT2D eigenvalue weighted by molar-refractivity contribution is 6.36. The van der Waals surface area contributed by atoms with Crippen LogP contribution in [0, 0.1) is 11.3 Å². The van der Waals surface area contributed by atoms with Crippen LogP contribution in [-0.4, -0.2) is 69.7 Å². The first-order valence-electron chi connectivity index (χ1n) is 13.7. The number of H-pyrrole nitrogens is 1. The van der Waals surface area contributed by atoms with Crippen molar-refractivity contribution < 1.29 is 14.4 Å². The van der Waals surface area contributed by atoms with Gasteiger partial charge in [-0.1, -0.05) is 23.7 Å². The minimum Gasteiger partial charge on any atom is -0.359 e. The molecule has 1 aromatic carbocycles. The molecule has 12 heteroatoms. The summed E-state index contributed by atoms with van der Waals surface area (Å²) in [5.41, 5.74) is 1.40. The van der Waals surface area contributed by atoms with E-state index in [2.05, 4.69) is 25.9 Å². The lowest BCUT2D eigenvalue weighted by molar-refractivity contribution is -0.140. The maximum absolute atomic E-state index is 13.7. The van der Waals surface area contributed by atoms with Crippen LogP contribution in [0.4, 0.5) is 11.4 Å². The quantitative estimate of drug-likeness (QED) is 0.237. The molecule has 2 aliphatic rings. The van der Waals surface area contributed by atoms with Crippen LogP contribution in [0.1, 0.15) is 32.1 Å². The average Bonchev–Trinajstić information content (AvgIpc) is 3.62. The van der Waals surface area contributed by atoms with Gasteiger partial charge in [0.1, 0.15) is 17.9 Å². The Balaban J connectivity index is 1.45. The fourth-order valence-corrected chi connectivity index (χ4v) is 5.39. The summed E-state index contributed by atoms with van der Waals surface area (Å²) in [6.07, 6.45) is 8.59. The number of fused-ring (bicyclic) bond motifs is 1. The summed E-state index contributed by atoms with van der Waals surface area (Å²) in [5, 5.41) is 20.5. The maximum atomic E-state index is 13.7. The number of para-hydroxylation sites is 1. The number of nitriles is 1. The van der Waals surface area contributed by atoms with Gasteiger partial charge in [0, 0.05) is 37.4 Å². The van der Waals surface area contributed by atoms with Crippen LogP contribution in [0.2, 0.25) is 5.02 Å².